The normalized spacial score (nSPS) is 33.5. The van der Waals surface area contributed by atoms with E-state index in [0.29, 0.717) is 25.7 Å². The molecular formula is C50H92O14. The lowest BCUT2D eigenvalue weighted by Crippen LogP contribution is -2.61. The van der Waals surface area contributed by atoms with E-state index >= 15 is 0 Å². The molecule has 64 heavy (non-hydrogen) atoms. The molecule has 0 amide bonds. The first-order valence-corrected chi connectivity index (χ1v) is 25.7. The highest BCUT2D eigenvalue weighted by atomic mass is 16.7. The Morgan fingerprint density at radius 2 is 0.688 bits per heavy atom. The van der Waals surface area contributed by atoms with Crippen molar-refractivity contribution < 1.29 is 68.6 Å². The van der Waals surface area contributed by atoms with E-state index in [4.69, 9.17) is 28.4 Å². The van der Waals surface area contributed by atoms with Crippen LogP contribution in [-0.2, 0) is 38.0 Å². The Balaban J connectivity index is 1.65. The first kappa shape index (κ1) is 56.9. The number of cyclic esters (lactones) is 2. The average Bonchev–Trinajstić information content (AvgIpc) is 3.26. The number of carbonyl (C=O) groups is 2. The molecule has 0 radical (unpaired) electrons. The summed E-state index contributed by atoms with van der Waals surface area (Å²) in [5.41, 5.74) is 0. The van der Waals surface area contributed by atoms with Gasteiger partial charge in [0.15, 0.2) is 12.6 Å². The zero-order valence-electron chi connectivity index (χ0n) is 40.6. The fourth-order valence-corrected chi connectivity index (χ4v) is 9.07. The SMILES string of the molecule is CC(C)CCCCCCCCCCCCC1O[C@H]2O[C@@H](COC(=O)C(C)C(CCCCCCCCCCCCC(C)C)O[C@@H]3O[C@H](COC(=O)C1C)[C@@H](O)[C@H](O)[C@H]3O)[C@H](O)[C@H](O)[C@@H]2O. The van der Waals surface area contributed by atoms with Crippen LogP contribution < -0.4 is 0 Å². The van der Waals surface area contributed by atoms with Crippen molar-refractivity contribution in [3.05, 3.63) is 0 Å². The minimum absolute atomic E-state index is 0.387. The number of carbonyl (C=O) groups excluding carboxylic acids is 2. The number of esters is 2. The van der Waals surface area contributed by atoms with Gasteiger partial charge in [0.05, 0.1) is 24.0 Å². The average molecular weight is 917 g/mol. The van der Waals surface area contributed by atoms with Gasteiger partial charge in [-0.05, 0) is 38.5 Å². The summed E-state index contributed by atoms with van der Waals surface area (Å²) < 4.78 is 35.7. The number of fused-ring (bicyclic) bond motifs is 4. The summed E-state index contributed by atoms with van der Waals surface area (Å²) in [5, 5.41) is 65.6. The van der Waals surface area contributed by atoms with E-state index < -0.39 is 111 Å². The quantitative estimate of drug-likeness (QED) is 0.0369. The second-order valence-corrected chi connectivity index (χ2v) is 20.2. The standard InChI is InChI=1S/C50H92O14/c1-33(2)27-23-19-15-11-7-9-13-17-21-25-29-37-35(5)47(57)59-31-40-42(52)44(54)46(56)50(64-40)62-38(30-26-22-18-14-10-8-12-16-20-24-28-34(3)4)36(6)48(58)60-32-39-41(51)43(53)45(55)49(61-37)63-39/h33-46,49-56H,7-32H2,1-6H3/t35?,36?,37?,38?,39-,40+,41-,42+,43-,44-,45-,46+,49-,50+/m0/s1. The van der Waals surface area contributed by atoms with Crippen LogP contribution >= 0.6 is 0 Å². The summed E-state index contributed by atoms with van der Waals surface area (Å²) in [4.78, 5) is 27.3. The molecule has 3 aliphatic heterocycles. The second-order valence-electron chi connectivity index (χ2n) is 20.2. The molecule has 0 aromatic heterocycles. The maximum atomic E-state index is 13.6. The Kier molecular flexibility index (Phi) is 28.0. The zero-order chi connectivity index (χ0) is 47.0. The molecular weight excluding hydrogens is 825 g/mol. The van der Waals surface area contributed by atoms with Crippen LogP contribution in [0.15, 0.2) is 0 Å². The van der Waals surface area contributed by atoms with E-state index in [2.05, 4.69) is 27.7 Å². The van der Waals surface area contributed by atoms with Gasteiger partial charge in [0.1, 0.15) is 62.0 Å². The molecule has 3 rings (SSSR count). The summed E-state index contributed by atoms with van der Waals surface area (Å²) in [6.45, 7) is 11.3. The highest BCUT2D eigenvalue weighted by molar-refractivity contribution is 5.73. The van der Waals surface area contributed by atoms with E-state index in [1.807, 2.05) is 0 Å². The van der Waals surface area contributed by atoms with E-state index in [1.54, 1.807) is 13.8 Å². The molecule has 0 aromatic carbocycles. The molecule has 14 heteroatoms. The summed E-state index contributed by atoms with van der Waals surface area (Å²) in [5.74, 6) is -1.72. The third kappa shape index (κ3) is 20.4. The van der Waals surface area contributed by atoms with E-state index in [0.717, 1.165) is 63.2 Å². The number of aliphatic hydroxyl groups is 6. The molecule has 0 saturated carbocycles. The Labute approximate surface area is 385 Å². The Morgan fingerprint density at radius 1 is 0.406 bits per heavy atom. The van der Waals surface area contributed by atoms with Crippen LogP contribution in [-0.4, -0.2) is 129 Å². The second kappa shape index (κ2) is 31.6. The first-order chi connectivity index (χ1) is 30.6. The van der Waals surface area contributed by atoms with E-state index in [1.165, 1.54) is 77.0 Å². The molecule has 3 aliphatic rings. The maximum Gasteiger partial charge on any atom is 0.311 e. The predicted molar refractivity (Wildman–Crippen MR) is 244 cm³/mol. The molecule has 376 valence electrons. The Hall–Kier alpha value is -1.46. The number of hydrogen-bond donors (Lipinski definition) is 6. The topological polar surface area (TPSA) is 211 Å². The lowest BCUT2D eigenvalue weighted by atomic mass is 9.95. The molecule has 0 aliphatic carbocycles. The third-order valence-electron chi connectivity index (χ3n) is 13.6. The number of aliphatic hydroxyl groups excluding tert-OH is 6. The van der Waals surface area contributed by atoms with Crippen molar-refractivity contribution in [3.8, 4) is 0 Å². The lowest BCUT2D eigenvalue weighted by Gasteiger charge is -2.43. The van der Waals surface area contributed by atoms with E-state index in [-0.39, 0.29) is 0 Å². The van der Waals surface area contributed by atoms with Gasteiger partial charge in [-0.1, -0.05) is 169 Å². The Morgan fingerprint density at radius 3 is 0.984 bits per heavy atom. The number of hydrogen-bond acceptors (Lipinski definition) is 14. The lowest BCUT2D eigenvalue weighted by molar-refractivity contribution is -0.320. The van der Waals surface area contributed by atoms with Crippen molar-refractivity contribution in [3.63, 3.8) is 0 Å². The van der Waals surface area contributed by atoms with Crippen molar-refractivity contribution in [2.24, 2.45) is 23.7 Å². The molecule has 0 aromatic rings. The van der Waals surface area contributed by atoms with Gasteiger partial charge in [0.25, 0.3) is 0 Å². The number of unbranched alkanes of at least 4 members (excludes halogenated alkanes) is 18. The molecule has 14 nitrogen and oxygen atoms in total. The van der Waals surface area contributed by atoms with Crippen LogP contribution in [0.4, 0.5) is 0 Å². The smallest absolute Gasteiger partial charge is 0.311 e. The molecule has 0 spiro atoms. The van der Waals surface area contributed by atoms with Gasteiger partial charge in [0, 0.05) is 0 Å². The van der Waals surface area contributed by atoms with Crippen LogP contribution in [0.3, 0.4) is 0 Å². The molecule has 6 N–H and O–H groups in total. The van der Waals surface area contributed by atoms with Gasteiger partial charge in [0.2, 0.25) is 0 Å². The largest absolute Gasteiger partial charge is 0.463 e. The minimum Gasteiger partial charge on any atom is -0.463 e. The predicted octanol–water partition coefficient (Wildman–Crippen LogP) is 7.42. The zero-order valence-corrected chi connectivity index (χ0v) is 40.6. The van der Waals surface area contributed by atoms with Gasteiger partial charge >= 0.3 is 11.9 Å². The van der Waals surface area contributed by atoms with Crippen LogP contribution in [0.5, 0.6) is 0 Å². The third-order valence-corrected chi connectivity index (χ3v) is 13.6. The van der Waals surface area contributed by atoms with Gasteiger partial charge < -0.3 is 59.1 Å². The molecule has 3 saturated heterocycles. The van der Waals surface area contributed by atoms with Crippen molar-refractivity contribution >= 4 is 11.9 Å². The maximum absolute atomic E-state index is 13.6. The van der Waals surface area contributed by atoms with Gasteiger partial charge in [-0.3, -0.25) is 9.59 Å². The van der Waals surface area contributed by atoms with Crippen LogP contribution in [0, 0.1) is 23.7 Å². The number of rotatable bonds is 26. The van der Waals surface area contributed by atoms with Crippen molar-refractivity contribution in [2.75, 3.05) is 13.2 Å². The molecule has 3 heterocycles. The molecule has 3 fully saturated rings. The van der Waals surface area contributed by atoms with Gasteiger partial charge in [-0.2, -0.15) is 0 Å². The highest BCUT2D eigenvalue weighted by Crippen LogP contribution is 2.31. The van der Waals surface area contributed by atoms with E-state index in [9.17, 15) is 40.2 Å². The molecule has 4 bridgehead atoms. The van der Waals surface area contributed by atoms with Crippen molar-refractivity contribution in [1.82, 2.24) is 0 Å². The first-order valence-electron chi connectivity index (χ1n) is 25.7. The van der Waals surface area contributed by atoms with Crippen molar-refractivity contribution in [1.29, 1.82) is 0 Å². The van der Waals surface area contributed by atoms with Crippen LogP contribution in [0.2, 0.25) is 0 Å². The fraction of sp³-hybridized carbons (Fsp3) is 0.960. The fourth-order valence-electron chi connectivity index (χ4n) is 9.07. The van der Waals surface area contributed by atoms with Gasteiger partial charge in [-0.15, -0.1) is 0 Å². The molecule has 14 atom stereocenters. The highest BCUT2D eigenvalue weighted by Gasteiger charge is 2.49. The van der Waals surface area contributed by atoms with Gasteiger partial charge in [-0.25, -0.2) is 0 Å². The van der Waals surface area contributed by atoms with Crippen LogP contribution in [0.1, 0.15) is 196 Å². The van der Waals surface area contributed by atoms with Crippen LogP contribution in [0.25, 0.3) is 0 Å². The summed E-state index contributed by atoms with van der Waals surface area (Å²) in [7, 11) is 0. The monoisotopic (exact) mass is 917 g/mol. The van der Waals surface area contributed by atoms with Crippen molar-refractivity contribution in [2.45, 2.75) is 269 Å². The minimum atomic E-state index is -1.69. The number of ether oxygens (including phenoxy) is 6. The summed E-state index contributed by atoms with van der Waals surface area (Å²) in [6.07, 6.45) is 8.48. The Bertz CT molecular complexity index is 1140. The summed E-state index contributed by atoms with van der Waals surface area (Å²) in [6, 6.07) is 0. The molecule has 4 unspecified atom stereocenters. The summed E-state index contributed by atoms with van der Waals surface area (Å²) >= 11 is 0.